The quantitative estimate of drug-likeness (QED) is 0.536. The van der Waals surface area contributed by atoms with Gasteiger partial charge in [-0.3, -0.25) is 0 Å². The van der Waals surface area contributed by atoms with E-state index < -0.39 is 0 Å². The molecule has 1 saturated heterocycles. The summed E-state index contributed by atoms with van der Waals surface area (Å²) in [5.74, 6) is -0.317. The molecular weight excluding hydrogens is 204 g/mol. The predicted octanol–water partition coefficient (Wildman–Crippen LogP) is 2.85. The van der Waals surface area contributed by atoms with E-state index in [2.05, 4.69) is 20.4 Å². The van der Waals surface area contributed by atoms with Crippen LogP contribution in [0.2, 0.25) is 0 Å². The summed E-state index contributed by atoms with van der Waals surface area (Å²) in [7, 11) is 0. The van der Waals surface area contributed by atoms with Crippen molar-refractivity contribution in [2.75, 3.05) is 13.2 Å². The summed E-state index contributed by atoms with van der Waals surface area (Å²) >= 11 is 0. The van der Waals surface area contributed by atoms with Crippen molar-refractivity contribution < 1.29 is 14.3 Å². The fourth-order valence-corrected chi connectivity index (χ4v) is 2.00. The van der Waals surface area contributed by atoms with E-state index in [1.54, 1.807) is 0 Å². The average molecular weight is 226 g/mol. The van der Waals surface area contributed by atoms with Crippen molar-refractivity contribution in [2.45, 2.75) is 51.6 Å². The lowest BCUT2D eigenvalue weighted by Gasteiger charge is -2.33. The van der Waals surface area contributed by atoms with Crippen LogP contribution in [0.5, 0.6) is 0 Å². The summed E-state index contributed by atoms with van der Waals surface area (Å²) < 4.78 is 10.9. The largest absolute Gasteiger partial charge is 0.462 e. The number of hydrogen-bond donors (Lipinski definition) is 0. The molecule has 92 valence electrons. The molecular formula is C13H22O3. The zero-order valence-corrected chi connectivity index (χ0v) is 10.4. The molecule has 0 atom stereocenters. The fraction of sp³-hybridized carbons (Fsp3) is 0.769. The number of carbonyl (C=O) groups is 1. The molecule has 0 N–H and O–H groups in total. The minimum atomic E-state index is -0.317. The van der Waals surface area contributed by atoms with Gasteiger partial charge in [-0.25, -0.2) is 4.79 Å². The lowest BCUT2D eigenvalue weighted by Crippen LogP contribution is -2.33. The van der Waals surface area contributed by atoms with Crippen LogP contribution in [-0.2, 0) is 14.3 Å². The highest BCUT2D eigenvalue weighted by molar-refractivity contribution is 5.87. The van der Waals surface area contributed by atoms with Crippen molar-refractivity contribution in [3.63, 3.8) is 0 Å². The summed E-state index contributed by atoms with van der Waals surface area (Å²) in [4.78, 5) is 11.4. The van der Waals surface area contributed by atoms with E-state index in [0.29, 0.717) is 18.8 Å². The number of carbonyl (C=O) groups excluding carboxylic acids is 1. The Kier molecular flexibility index (Phi) is 5.00. The van der Waals surface area contributed by atoms with Gasteiger partial charge in [-0.1, -0.05) is 20.4 Å². The number of hydrogen-bond acceptors (Lipinski definition) is 3. The molecule has 3 nitrogen and oxygen atoms in total. The molecule has 1 aliphatic heterocycles. The van der Waals surface area contributed by atoms with Crippen molar-refractivity contribution in [1.29, 1.82) is 0 Å². The Morgan fingerprint density at radius 1 is 1.31 bits per heavy atom. The molecule has 1 aliphatic rings. The second-order valence-corrected chi connectivity index (χ2v) is 4.38. The van der Waals surface area contributed by atoms with Gasteiger partial charge in [-0.05, 0) is 32.1 Å². The van der Waals surface area contributed by atoms with E-state index in [1.807, 2.05) is 0 Å². The fourth-order valence-electron chi connectivity index (χ4n) is 2.00. The normalized spacial score (nSPS) is 22.6. The maximum Gasteiger partial charge on any atom is 0.335 e. The second kappa shape index (κ2) is 6.04. The van der Waals surface area contributed by atoms with Gasteiger partial charge in [0.25, 0.3) is 0 Å². The van der Waals surface area contributed by atoms with Crippen molar-refractivity contribution in [1.82, 2.24) is 0 Å². The maximum atomic E-state index is 11.4. The van der Waals surface area contributed by atoms with Gasteiger partial charge in [0, 0.05) is 0 Å². The Bertz CT molecular complexity index is 254. The van der Waals surface area contributed by atoms with Crippen molar-refractivity contribution >= 4 is 5.97 Å². The molecule has 3 heteroatoms. The van der Waals surface area contributed by atoms with Crippen LogP contribution in [0.3, 0.4) is 0 Å². The summed E-state index contributed by atoms with van der Waals surface area (Å²) in [5.41, 5.74) is 0.341. The smallest absolute Gasteiger partial charge is 0.335 e. The second-order valence-electron chi connectivity index (χ2n) is 4.38. The molecule has 0 unspecified atom stereocenters. The average Bonchev–Trinajstić information content (AvgIpc) is 2.32. The minimum absolute atomic E-state index is 0.0828. The predicted molar refractivity (Wildman–Crippen MR) is 63.2 cm³/mol. The Balaban J connectivity index is 2.68. The molecule has 1 fully saturated rings. The molecule has 0 aromatic carbocycles. The molecule has 0 amide bonds. The minimum Gasteiger partial charge on any atom is -0.462 e. The van der Waals surface area contributed by atoms with Crippen LogP contribution < -0.4 is 0 Å². The summed E-state index contributed by atoms with van der Waals surface area (Å²) in [6.45, 7) is 8.77. The van der Waals surface area contributed by atoms with Crippen LogP contribution >= 0.6 is 0 Å². The van der Waals surface area contributed by atoms with Crippen molar-refractivity contribution in [3.8, 4) is 0 Å². The molecule has 0 bridgehead atoms. The van der Waals surface area contributed by atoms with E-state index in [9.17, 15) is 4.79 Å². The number of ether oxygens (including phenoxy) is 2. The molecule has 0 aromatic heterocycles. The first-order chi connectivity index (χ1) is 7.63. The number of rotatable bonds is 2. The van der Waals surface area contributed by atoms with E-state index in [-0.39, 0.29) is 11.6 Å². The first-order valence-electron chi connectivity index (χ1n) is 6.12. The molecule has 0 aromatic rings. The molecule has 1 rings (SSSR count). The van der Waals surface area contributed by atoms with Crippen LogP contribution in [0.1, 0.15) is 46.0 Å². The van der Waals surface area contributed by atoms with Gasteiger partial charge in [0.2, 0.25) is 0 Å². The highest BCUT2D eigenvalue weighted by atomic mass is 16.5. The van der Waals surface area contributed by atoms with E-state index in [4.69, 9.17) is 9.47 Å². The molecule has 1 heterocycles. The Labute approximate surface area is 97.8 Å². The lowest BCUT2D eigenvalue weighted by molar-refractivity contribution is -0.142. The van der Waals surface area contributed by atoms with Crippen LogP contribution in [0.15, 0.2) is 12.2 Å². The van der Waals surface area contributed by atoms with Gasteiger partial charge in [0.15, 0.2) is 0 Å². The van der Waals surface area contributed by atoms with Crippen LogP contribution in [0.4, 0.5) is 0 Å². The zero-order valence-electron chi connectivity index (χ0n) is 10.4. The van der Waals surface area contributed by atoms with Crippen molar-refractivity contribution in [3.05, 3.63) is 12.2 Å². The van der Waals surface area contributed by atoms with Gasteiger partial charge < -0.3 is 9.47 Å². The molecule has 0 spiro atoms. The Hall–Kier alpha value is -0.830. The lowest BCUT2D eigenvalue weighted by atomic mass is 9.90. The topological polar surface area (TPSA) is 35.5 Å². The number of esters is 1. The maximum absolute atomic E-state index is 11.4. The highest BCUT2D eigenvalue weighted by Crippen LogP contribution is 2.28. The summed E-state index contributed by atoms with van der Waals surface area (Å²) in [5, 5.41) is 0. The number of cyclic esters (lactones) is 1. The summed E-state index contributed by atoms with van der Waals surface area (Å²) in [6.07, 6.45) is 4.94. The third kappa shape index (κ3) is 3.34. The van der Waals surface area contributed by atoms with Crippen LogP contribution in [0.25, 0.3) is 0 Å². The third-order valence-corrected chi connectivity index (χ3v) is 3.39. The first kappa shape index (κ1) is 13.2. The van der Waals surface area contributed by atoms with E-state index in [1.165, 1.54) is 0 Å². The van der Waals surface area contributed by atoms with Gasteiger partial charge in [0.1, 0.15) is 0 Å². The standard InChI is InChI=1S/C13H22O3/c1-4-13(5-2)8-6-7-9-15-12(14)11(3)10-16-13/h3-10H2,1-2H3. The van der Waals surface area contributed by atoms with Crippen molar-refractivity contribution in [2.24, 2.45) is 0 Å². The Morgan fingerprint density at radius 3 is 2.62 bits per heavy atom. The highest BCUT2D eigenvalue weighted by Gasteiger charge is 2.28. The van der Waals surface area contributed by atoms with Gasteiger partial charge in [-0.2, -0.15) is 0 Å². The van der Waals surface area contributed by atoms with Gasteiger partial charge in [-0.15, -0.1) is 0 Å². The zero-order chi connectivity index (χ0) is 12.0. The van der Waals surface area contributed by atoms with Crippen LogP contribution in [0, 0.1) is 0 Å². The van der Waals surface area contributed by atoms with E-state index in [0.717, 1.165) is 32.1 Å². The SMILES string of the molecule is C=C1COC(CC)(CC)CCCCOC1=O. The molecule has 0 radical (unpaired) electrons. The Morgan fingerprint density at radius 2 is 2.00 bits per heavy atom. The molecule has 16 heavy (non-hydrogen) atoms. The van der Waals surface area contributed by atoms with E-state index >= 15 is 0 Å². The van der Waals surface area contributed by atoms with Gasteiger partial charge >= 0.3 is 5.97 Å². The van der Waals surface area contributed by atoms with Gasteiger partial charge in [0.05, 0.1) is 24.4 Å². The molecule has 0 saturated carbocycles. The monoisotopic (exact) mass is 226 g/mol. The first-order valence-corrected chi connectivity index (χ1v) is 6.12. The third-order valence-electron chi connectivity index (χ3n) is 3.39. The molecule has 0 aliphatic carbocycles. The van der Waals surface area contributed by atoms with Crippen LogP contribution in [-0.4, -0.2) is 24.8 Å². The summed E-state index contributed by atoms with van der Waals surface area (Å²) in [6, 6.07) is 0.